The highest BCUT2D eigenvalue weighted by Crippen LogP contribution is 2.30. The van der Waals surface area contributed by atoms with Gasteiger partial charge in [0.15, 0.2) is 5.82 Å². The van der Waals surface area contributed by atoms with Gasteiger partial charge in [-0.25, -0.2) is 13.8 Å². The number of morpholine rings is 1. The van der Waals surface area contributed by atoms with Crippen molar-refractivity contribution >= 4 is 28.7 Å². The summed E-state index contributed by atoms with van der Waals surface area (Å²) in [7, 11) is 0. The van der Waals surface area contributed by atoms with E-state index in [9.17, 15) is 13.6 Å². The van der Waals surface area contributed by atoms with Crippen LogP contribution < -0.4 is 15.5 Å². The number of carbonyl (C=O) groups excluding carboxylic acids is 1. The third kappa shape index (κ3) is 6.11. The largest absolute Gasteiger partial charge is 0.515 e. The molecule has 0 unspecified atom stereocenters. The molecular formula is C27H33F2N7O3. The Hall–Kier alpha value is -3.80. The molecule has 0 atom stereocenters. The number of aliphatic hydroxyl groups is 1. The predicted molar refractivity (Wildman–Crippen MR) is 143 cm³/mol. The first-order chi connectivity index (χ1) is 18.9. The molecule has 0 bridgehead atoms. The van der Waals surface area contributed by atoms with Crippen LogP contribution in [-0.4, -0.2) is 69.4 Å². The zero-order valence-electron chi connectivity index (χ0n) is 21.8. The van der Waals surface area contributed by atoms with E-state index < -0.39 is 6.43 Å². The lowest BCUT2D eigenvalue weighted by Gasteiger charge is -2.30. The fraction of sp³-hybridized carbons (Fsp3) is 0.481. The number of benzene rings is 1. The number of nitrogens with one attached hydrogen (secondary N) is 2. The van der Waals surface area contributed by atoms with E-state index in [2.05, 4.69) is 25.5 Å². The van der Waals surface area contributed by atoms with E-state index >= 15 is 0 Å². The van der Waals surface area contributed by atoms with Crippen LogP contribution in [0.4, 0.5) is 20.5 Å². The topological polar surface area (TPSA) is 117 Å². The van der Waals surface area contributed by atoms with Gasteiger partial charge in [0.05, 0.1) is 30.5 Å². The molecule has 2 fully saturated rings. The molecule has 1 saturated carbocycles. The number of nitrogens with zero attached hydrogens (tertiary/aromatic N) is 5. The number of anilines is 2. The molecule has 1 amide bonds. The second-order valence-corrected chi connectivity index (χ2v) is 9.99. The first kappa shape index (κ1) is 26.8. The lowest BCUT2D eigenvalue weighted by molar-refractivity contribution is -0.118. The number of imidazole rings is 1. The third-order valence-corrected chi connectivity index (χ3v) is 7.33. The van der Waals surface area contributed by atoms with Crippen molar-refractivity contribution in [3.05, 3.63) is 48.0 Å². The Bertz CT molecular complexity index is 1330. The number of carbonyl (C=O) groups is 1. The molecule has 3 aromatic rings. The zero-order valence-corrected chi connectivity index (χ0v) is 21.8. The van der Waals surface area contributed by atoms with Crippen molar-refractivity contribution in [1.29, 1.82) is 0 Å². The van der Waals surface area contributed by atoms with Crippen LogP contribution >= 0.6 is 0 Å². The molecule has 2 aromatic heterocycles. The van der Waals surface area contributed by atoms with Crippen molar-refractivity contribution < 1.29 is 23.4 Å². The molecule has 208 valence electrons. The van der Waals surface area contributed by atoms with Gasteiger partial charge in [-0.15, -0.1) is 0 Å². The van der Waals surface area contributed by atoms with Crippen LogP contribution in [-0.2, 0) is 9.53 Å². The van der Waals surface area contributed by atoms with Crippen molar-refractivity contribution in [2.75, 3.05) is 43.1 Å². The number of aliphatic hydroxyl groups excluding tert-OH is 1. The number of halogens is 2. The molecule has 0 spiro atoms. The van der Waals surface area contributed by atoms with Gasteiger partial charge in [-0.2, -0.15) is 9.97 Å². The second-order valence-electron chi connectivity index (χ2n) is 9.99. The number of rotatable bonds is 8. The smallest absolute Gasteiger partial charge is 0.296 e. The minimum Gasteiger partial charge on any atom is -0.515 e. The summed E-state index contributed by atoms with van der Waals surface area (Å²) in [6.07, 6.45) is 1.50. The molecule has 3 N–H and O–H groups in total. The van der Waals surface area contributed by atoms with Crippen molar-refractivity contribution in [2.24, 2.45) is 5.92 Å². The number of hydrogen-bond donors (Lipinski definition) is 3. The van der Waals surface area contributed by atoms with Crippen molar-refractivity contribution in [1.82, 2.24) is 24.8 Å². The van der Waals surface area contributed by atoms with Gasteiger partial charge >= 0.3 is 0 Å². The van der Waals surface area contributed by atoms with Crippen molar-refractivity contribution in [2.45, 2.75) is 45.1 Å². The number of fused-ring (bicyclic) bond motifs is 1. The first-order valence-corrected chi connectivity index (χ1v) is 13.3. The average molecular weight is 542 g/mol. The van der Waals surface area contributed by atoms with Gasteiger partial charge in [0, 0.05) is 37.3 Å². The van der Waals surface area contributed by atoms with Gasteiger partial charge in [-0.05, 0) is 50.7 Å². The lowest BCUT2D eigenvalue weighted by atomic mass is 9.86. The first-order valence-electron chi connectivity index (χ1n) is 13.3. The molecule has 2 aliphatic rings. The van der Waals surface area contributed by atoms with E-state index in [0.29, 0.717) is 67.4 Å². The van der Waals surface area contributed by atoms with Gasteiger partial charge < -0.3 is 25.4 Å². The summed E-state index contributed by atoms with van der Waals surface area (Å²) in [6, 6.07) is 8.82. The molecule has 39 heavy (non-hydrogen) atoms. The zero-order chi connectivity index (χ0) is 27.4. The maximum atomic E-state index is 14.1. The number of para-hydroxylation sites is 2. The summed E-state index contributed by atoms with van der Waals surface area (Å²) in [5.74, 6) is 1.07. The number of ether oxygens (including phenoxy) is 1. The summed E-state index contributed by atoms with van der Waals surface area (Å²) in [5.41, 5.74) is 1.31. The fourth-order valence-corrected chi connectivity index (χ4v) is 5.11. The van der Waals surface area contributed by atoms with Crippen LogP contribution in [0, 0.1) is 5.92 Å². The lowest BCUT2D eigenvalue weighted by Crippen LogP contribution is -2.39. The summed E-state index contributed by atoms with van der Waals surface area (Å²) in [6.45, 7) is 4.60. The van der Waals surface area contributed by atoms with E-state index in [-0.39, 0.29) is 23.3 Å². The third-order valence-electron chi connectivity index (χ3n) is 7.33. The Balaban J connectivity index is 1.36. The minimum absolute atomic E-state index is 0.0680. The van der Waals surface area contributed by atoms with Crippen molar-refractivity contribution in [3.63, 3.8) is 0 Å². The van der Waals surface area contributed by atoms with Crippen LogP contribution in [0.1, 0.15) is 44.9 Å². The van der Waals surface area contributed by atoms with Gasteiger partial charge in [-0.1, -0.05) is 12.1 Å². The van der Waals surface area contributed by atoms with Crippen molar-refractivity contribution in [3.8, 4) is 5.82 Å². The normalized spacial score (nSPS) is 20.4. The number of hydrogen-bond acceptors (Lipinski definition) is 8. The molecule has 12 heteroatoms. The molecule has 0 radical (unpaired) electrons. The van der Waals surface area contributed by atoms with E-state index in [1.54, 1.807) is 37.3 Å². The van der Waals surface area contributed by atoms with Gasteiger partial charge in [0.1, 0.15) is 11.6 Å². The molecule has 1 aliphatic carbocycles. The molecule has 5 rings (SSSR count). The van der Waals surface area contributed by atoms with Gasteiger partial charge in [0.2, 0.25) is 11.9 Å². The summed E-state index contributed by atoms with van der Waals surface area (Å²) in [5, 5.41) is 15.3. The number of amides is 1. The van der Waals surface area contributed by atoms with E-state index in [0.717, 1.165) is 31.9 Å². The number of aromatic nitrogens is 4. The molecule has 1 saturated heterocycles. The Morgan fingerprint density at radius 1 is 1.13 bits per heavy atom. The quantitative estimate of drug-likeness (QED) is 0.288. The predicted octanol–water partition coefficient (Wildman–Crippen LogP) is 4.14. The molecule has 1 aromatic carbocycles. The number of alkyl halides is 2. The van der Waals surface area contributed by atoms with Crippen LogP contribution in [0.3, 0.4) is 0 Å². The Morgan fingerprint density at radius 2 is 1.85 bits per heavy atom. The standard InChI is InChI=1S/C27H33F2N7O3/c1-17(16-37)26(38)31-19-8-6-18(7-9-19)15-30-27-33-22(35-10-12-39-13-11-35)14-23(34-27)36-21-5-3-2-4-20(21)32-25(36)24(28)29/h2-5,14,16,18-19,24,37H,6-13,15H2,1H3,(H,31,38)(H,30,33,34)/b17-16+. The summed E-state index contributed by atoms with van der Waals surface area (Å²) < 4.78 is 35.0. The second kappa shape index (κ2) is 11.9. The fourth-order valence-electron chi connectivity index (χ4n) is 5.11. The maximum absolute atomic E-state index is 14.1. The minimum atomic E-state index is -2.78. The highest BCUT2D eigenvalue weighted by atomic mass is 19.3. The highest BCUT2D eigenvalue weighted by Gasteiger charge is 2.25. The molecule has 1 aliphatic heterocycles. The maximum Gasteiger partial charge on any atom is 0.296 e. The van der Waals surface area contributed by atoms with E-state index in [4.69, 9.17) is 14.8 Å². The molecular weight excluding hydrogens is 508 g/mol. The van der Waals surface area contributed by atoms with Crippen LogP contribution in [0.15, 0.2) is 42.2 Å². The SMILES string of the molecule is C/C(=C\O)C(=O)NC1CCC(CNc2nc(N3CCOCC3)cc(-n3c(C(F)F)nc4ccccc43)n2)CC1. The molecule has 10 nitrogen and oxygen atoms in total. The van der Waals surface area contributed by atoms with Crippen LogP contribution in [0.2, 0.25) is 0 Å². The molecule has 3 heterocycles. The summed E-state index contributed by atoms with van der Waals surface area (Å²) >= 11 is 0. The Kier molecular flexibility index (Phi) is 8.20. The average Bonchev–Trinajstić information content (AvgIpc) is 3.37. The van der Waals surface area contributed by atoms with Gasteiger partial charge in [-0.3, -0.25) is 9.36 Å². The highest BCUT2D eigenvalue weighted by molar-refractivity contribution is 5.92. The van der Waals surface area contributed by atoms with E-state index in [1.807, 2.05) is 0 Å². The van der Waals surface area contributed by atoms with Crippen LogP contribution in [0.25, 0.3) is 16.9 Å². The Morgan fingerprint density at radius 3 is 2.56 bits per heavy atom. The van der Waals surface area contributed by atoms with E-state index in [1.165, 1.54) is 4.57 Å². The monoisotopic (exact) mass is 541 g/mol. The summed E-state index contributed by atoms with van der Waals surface area (Å²) in [4.78, 5) is 27.7. The van der Waals surface area contributed by atoms with Gasteiger partial charge in [0.25, 0.3) is 6.43 Å². The van der Waals surface area contributed by atoms with Crippen LogP contribution in [0.5, 0.6) is 0 Å². The Labute approximate surface area is 225 Å².